The first-order chi connectivity index (χ1) is 21.1. The molecule has 7 rings (SSSR count). The average molecular weight is 592 g/mol. The van der Waals surface area contributed by atoms with Crippen LogP contribution in [0.1, 0.15) is 21.5 Å². The van der Waals surface area contributed by atoms with Crippen LogP contribution in [-0.2, 0) is 13.0 Å². The minimum Gasteiger partial charge on any atom is -0.496 e. The lowest BCUT2D eigenvalue weighted by Gasteiger charge is -2.10. The third-order valence-corrected chi connectivity index (χ3v) is 7.90. The zero-order valence-electron chi connectivity index (χ0n) is 23.3. The second-order valence-electron chi connectivity index (χ2n) is 9.81. The van der Waals surface area contributed by atoms with Gasteiger partial charge in [-0.25, -0.2) is 9.50 Å². The van der Waals surface area contributed by atoms with E-state index in [1.165, 1.54) is 11.3 Å². The van der Waals surface area contributed by atoms with Gasteiger partial charge in [0.15, 0.2) is 11.5 Å². The average Bonchev–Trinajstić information content (AvgIpc) is 3.83. The van der Waals surface area contributed by atoms with Crippen LogP contribution in [0.2, 0.25) is 0 Å². The number of imidazole rings is 1. The number of fused-ring (bicyclic) bond motifs is 2. The highest BCUT2D eigenvalue weighted by Crippen LogP contribution is 2.37. The molecule has 43 heavy (non-hydrogen) atoms. The smallest absolute Gasteiger partial charge is 0.294 e. The number of hydrogen-bond donors (Lipinski definition) is 0. The maximum atomic E-state index is 13.2. The molecule has 0 atom stereocenters. The number of ether oxygens (including phenoxy) is 3. The Morgan fingerprint density at radius 2 is 1.81 bits per heavy atom. The number of hydrogen-bond acceptors (Lipinski definition) is 9. The molecular weight excluding hydrogens is 566 g/mol. The van der Waals surface area contributed by atoms with Crippen molar-refractivity contribution in [2.75, 3.05) is 14.2 Å². The van der Waals surface area contributed by atoms with Gasteiger partial charge in [-0.15, -0.1) is 5.10 Å². The Kier molecular flexibility index (Phi) is 6.88. The quantitative estimate of drug-likeness (QED) is 0.151. The highest BCUT2D eigenvalue weighted by Gasteiger charge is 2.19. The summed E-state index contributed by atoms with van der Waals surface area (Å²) in [5, 5.41) is 5.66. The van der Waals surface area contributed by atoms with Gasteiger partial charge in [-0.1, -0.05) is 54.6 Å². The fourth-order valence-electron chi connectivity index (χ4n) is 4.94. The Labute approximate surface area is 249 Å². The summed E-state index contributed by atoms with van der Waals surface area (Å²) in [7, 11) is 3.17. The van der Waals surface area contributed by atoms with Gasteiger partial charge in [-0.05, 0) is 34.6 Å². The number of rotatable bonds is 10. The van der Waals surface area contributed by atoms with Crippen LogP contribution in [0.4, 0.5) is 0 Å². The van der Waals surface area contributed by atoms with Crippen molar-refractivity contribution in [3.63, 3.8) is 0 Å². The summed E-state index contributed by atoms with van der Waals surface area (Å²) in [6, 6.07) is 24.7. The number of methoxy groups -OCH3 is 2. The molecule has 7 aromatic rings. The largest absolute Gasteiger partial charge is 0.496 e. The molecule has 0 saturated heterocycles. The van der Waals surface area contributed by atoms with E-state index in [1.807, 2.05) is 72.8 Å². The summed E-state index contributed by atoms with van der Waals surface area (Å²) in [6.45, 7) is 0.287. The van der Waals surface area contributed by atoms with Crippen LogP contribution in [0.25, 0.3) is 38.7 Å². The van der Waals surface area contributed by atoms with E-state index in [-0.39, 0.29) is 18.8 Å². The lowest BCUT2D eigenvalue weighted by Crippen LogP contribution is -2.05. The van der Waals surface area contributed by atoms with Gasteiger partial charge in [-0.3, -0.25) is 4.79 Å². The molecular formula is C33H25N3O6S. The monoisotopic (exact) mass is 591 g/mol. The molecule has 0 fully saturated rings. The number of carbonyl (C=O) groups is 1. The molecule has 4 aromatic heterocycles. The third kappa shape index (κ3) is 5.24. The van der Waals surface area contributed by atoms with Crippen LogP contribution in [0, 0.1) is 0 Å². The molecule has 0 N–H and O–H groups in total. The van der Waals surface area contributed by atoms with Gasteiger partial charge in [0.05, 0.1) is 37.6 Å². The standard InChI is InChI=1S/C33H25N3O6S/c1-38-23-15-28(25-17-30(42-29(25)16-23)26-18-36-32(34-26)43-33(35-36)39-2)41-19-21-8-6-7-20(13-21)14-27(37)24-11-12-40-31(24)22-9-4-3-5-10-22/h3-13,15-18H,14,19H2,1-2H3. The molecule has 4 heterocycles. The number of aromatic nitrogens is 3. The fraction of sp³-hybridized carbons (Fsp3) is 0.121. The van der Waals surface area contributed by atoms with E-state index in [0.29, 0.717) is 50.0 Å². The summed E-state index contributed by atoms with van der Waals surface area (Å²) >= 11 is 1.34. The third-order valence-electron chi connectivity index (χ3n) is 7.01. The zero-order chi connectivity index (χ0) is 29.3. The first-order valence-electron chi connectivity index (χ1n) is 13.5. The second kappa shape index (κ2) is 11.1. The molecule has 9 nitrogen and oxygen atoms in total. The molecule has 0 amide bonds. The van der Waals surface area contributed by atoms with E-state index in [1.54, 1.807) is 37.3 Å². The molecule has 3 aromatic carbocycles. The van der Waals surface area contributed by atoms with Gasteiger partial charge in [0, 0.05) is 24.1 Å². The number of ketones is 1. The van der Waals surface area contributed by atoms with Gasteiger partial charge in [0.2, 0.25) is 4.96 Å². The molecule has 0 bridgehead atoms. The van der Waals surface area contributed by atoms with Gasteiger partial charge in [0.25, 0.3) is 5.19 Å². The lowest BCUT2D eigenvalue weighted by atomic mass is 9.99. The molecule has 10 heteroatoms. The molecule has 0 unspecified atom stereocenters. The summed E-state index contributed by atoms with van der Waals surface area (Å²) in [4.78, 5) is 18.6. The number of Topliss-reactive ketones (excluding diaryl/α,β-unsaturated/α-hetero) is 1. The highest BCUT2D eigenvalue weighted by molar-refractivity contribution is 7.18. The van der Waals surface area contributed by atoms with E-state index < -0.39 is 0 Å². The Morgan fingerprint density at radius 3 is 2.63 bits per heavy atom. The first-order valence-corrected chi connectivity index (χ1v) is 14.3. The van der Waals surface area contributed by atoms with Crippen molar-refractivity contribution in [3.05, 3.63) is 108 Å². The summed E-state index contributed by atoms with van der Waals surface area (Å²) < 4.78 is 30.5. The minimum absolute atomic E-state index is 0.0149. The van der Waals surface area contributed by atoms with E-state index in [2.05, 4.69) is 10.1 Å². The van der Waals surface area contributed by atoms with Crippen molar-refractivity contribution >= 4 is 33.1 Å². The van der Waals surface area contributed by atoms with Crippen LogP contribution < -0.4 is 14.2 Å². The van der Waals surface area contributed by atoms with Crippen LogP contribution in [0.3, 0.4) is 0 Å². The topological polar surface area (TPSA) is 101 Å². The van der Waals surface area contributed by atoms with Gasteiger partial charge in [-0.2, -0.15) is 0 Å². The summed E-state index contributed by atoms with van der Waals surface area (Å²) in [5.41, 5.74) is 4.50. The van der Waals surface area contributed by atoms with Crippen molar-refractivity contribution in [1.82, 2.24) is 14.6 Å². The van der Waals surface area contributed by atoms with Gasteiger partial charge in [0.1, 0.15) is 35.1 Å². The van der Waals surface area contributed by atoms with Gasteiger partial charge >= 0.3 is 0 Å². The molecule has 0 radical (unpaired) electrons. The van der Waals surface area contributed by atoms with Crippen LogP contribution in [-0.4, -0.2) is 34.6 Å². The number of benzene rings is 3. The molecule has 0 aliphatic carbocycles. The number of nitrogens with zero attached hydrogens (tertiary/aromatic N) is 3. The Morgan fingerprint density at radius 1 is 0.953 bits per heavy atom. The van der Waals surface area contributed by atoms with E-state index in [0.717, 1.165) is 22.1 Å². The number of carbonyl (C=O) groups excluding carboxylic acids is 1. The zero-order valence-corrected chi connectivity index (χ0v) is 24.1. The molecule has 0 spiro atoms. The Bertz CT molecular complexity index is 2040. The summed E-state index contributed by atoms with van der Waals surface area (Å²) in [5.74, 6) is 2.36. The van der Waals surface area contributed by atoms with Crippen molar-refractivity contribution in [3.8, 4) is 39.5 Å². The number of furan rings is 2. The van der Waals surface area contributed by atoms with Crippen molar-refractivity contribution in [2.45, 2.75) is 13.0 Å². The van der Waals surface area contributed by atoms with E-state index in [9.17, 15) is 4.79 Å². The predicted octanol–water partition coefficient (Wildman–Crippen LogP) is 7.49. The van der Waals surface area contributed by atoms with Crippen molar-refractivity contribution in [1.29, 1.82) is 0 Å². The normalized spacial score (nSPS) is 11.3. The van der Waals surface area contributed by atoms with Crippen LogP contribution in [0.15, 0.2) is 100 Å². The minimum atomic E-state index is -0.0149. The van der Waals surface area contributed by atoms with Crippen molar-refractivity contribution in [2.24, 2.45) is 0 Å². The van der Waals surface area contributed by atoms with Crippen LogP contribution >= 0.6 is 11.3 Å². The van der Waals surface area contributed by atoms with E-state index in [4.69, 9.17) is 23.0 Å². The Balaban J connectivity index is 1.10. The fourth-order valence-corrected chi connectivity index (χ4v) is 5.64. The van der Waals surface area contributed by atoms with Gasteiger partial charge < -0.3 is 23.0 Å². The lowest BCUT2D eigenvalue weighted by molar-refractivity contribution is 0.0993. The van der Waals surface area contributed by atoms with Crippen LogP contribution in [0.5, 0.6) is 16.7 Å². The highest BCUT2D eigenvalue weighted by atomic mass is 32.1. The molecule has 0 aliphatic heterocycles. The maximum absolute atomic E-state index is 13.2. The van der Waals surface area contributed by atoms with E-state index >= 15 is 0 Å². The molecule has 0 saturated carbocycles. The summed E-state index contributed by atoms with van der Waals surface area (Å²) in [6.07, 6.45) is 3.59. The molecule has 214 valence electrons. The van der Waals surface area contributed by atoms with Crippen molar-refractivity contribution < 1.29 is 27.8 Å². The molecule has 0 aliphatic rings. The SMILES string of the molecule is COc1cc(OCc2cccc(CC(=O)c3ccoc3-c3ccccc3)c2)c2cc(-c3cn4nc(OC)sc4n3)oc2c1. The predicted molar refractivity (Wildman–Crippen MR) is 162 cm³/mol. The first kappa shape index (κ1) is 26.5. The Hall–Kier alpha value is -5.35. The second-order valence-corrected chi connectivity index (χ2v) is 10.7. The maximum Gasteiger partial charge on any atom is 0.294 e.